The summed E-state index contributed by atoms with van der Waals surface area (Å²) in [5.41, 5.74) is 0.956. The molecule has 0 spiro atoms. The number of fused-ring (bicyclic) bond motifs is 1. The van der Waals surface area contributed by atoms with E-state index in [1.54, 1.807) is 11.3 Å². The van der Waals surface area contributed by atoms with E-state index in [0.717, 1.165) is 25.2 Å². The molecular formula is C16H23N5O2S. The van der Waals surface area contributed by atoms with Gasteiger partial charge in [-0.05, 0) is 7.05 Å². The van der Waals surface area contributed by atoms with Crippen molar-refractivity contribution in [2.75, 3.05) is 18.9 Å². The Balaban J connectivity index is 1.54. The van der Waals surface area contributed by atoms with E-state index in [2.05, 4.69) is 32.4 Å². The van der Waals surface area contributed by atoms with Crippen LogP contribution in [-0.4, -0.2) is 39.5 Å². The monoisotopic (exact) mass is 349 g/mol. The number of likely N-dealkylation sites (N-methyl/N-ethyl adjacent to an activating group) is 1. The highest BCUT2D eigenvalue weighted by molar-refractivity contribution is 7.15. The molecule has 2 aromatic rings. The smallest absolute Gasteiger partial charge is 0.227 e. The summed E-state index contributed by atoms with van der Waals surface area (Å²) < 4.78 is 5.21. The normalized spacial score (nSPS) is 15.3. The van der Waals surface area contributed by atoms with Crippen LogP contribution in [0.25, 0.3) is 0 Å². The Kier molecular flexibility index (Phi) is 4.69. The second-order valence-corrected chi connectivity index (χ2v) is 8.27. The molecule has 1 aliphatic rings. The lowest BCUT2D eigenvalue weighted by Gasteiger charge is -2.20. The molecule has 1 aliphatic heterocycles. The average Bonchev–Trinajstić information content (AvgIpc) is 3.10. The molecule has 3 heterocycles. The Morgan fingerprint density at radius 1 is 1.38 bits per heavy atom. The number of anilines is 1. The minimum Gasteiger partial charge on any atom is -0.339 e. The second-order valence-electron chi connectivity index (χ2n) is 7.19. The molecule has 8 heteroatoms. The fourth-order valence-corrected chi connectivity index (χ4v) is 3.54. The van der Waals surface area contributed by atoms with Crippen LogP contribution in [0, 0.1) is 0 Å². The van der Waals surface area contributed by atoms with Gasteiger partial charge in [0.15, 0.2) is 11.0 Å². The van der Waals surface area contributed by atoms with Crippen LogP contribution in [0.5, 0.6) is 0 Å². The number of nitrogens with one attached hydrogen (secondary N) is 1. The Bertz CT molecular complexity index is 731. The van der Waals surface area contributed by atoms with Crippen LogP contribution in [0.4, 0.5) is 5.13 Å². The number of hydrogen-bond donors (Lipinski definition) is 1. The van der Waals surface area contributed by atoms with Crippen molar-refractivity contribution in [1.82, 2.24) is 20.0 Å². The Morgan fingerprint density at radius 2 is 2.17 bits per heavy atom. The van der Waals surface area contributed by atoms with Gasteiger partial charge in [-0.2, -0.15) is 4.98 Å². The zero-order chi connectivity index (χ0) is 17.3. The average molecular weight is 349 g/mol. The number of rotatable bonds is 4. The standard InChI is InChI=1S/C16H23N5O2S/c1-16(2,3)14-19-13(23-20-14)6-5-12(22)18-15-17-10-7-8-21(4)9-11(10)24-15/h5-9H2,1-4H3,(H,17,18,22). The van der Waals surface area contributed by atoms with Crippen LogP contribution in [-0.2, 0) is 29.6 Å². The van der Waals surface area contributed by atoms with Crippen molar-refractivity contribution in [2.24, 2.45) is 0 Å². The van der Waals surface area contributed by atoms with E-state index >= 15 is 0 Å². The molecule has 1 amide bonds. The number of carbonyl (C=O) groups is 1. The molecule has 0 bridgehead atoms. The lowest BCUT2D eigenvalue weighted by molar-refractivity contribution is -0.116. The number of aryl methyl sites for hydroxylation is 1. The quantitative estimate of drug-likeness (QED) is 0.912. The lowest BCUT2D eigenvalue weighted by atomic mass is 9.96. The van der Waals surface area contributed by atoms with Crippen LogP contribution in [0.15, 0.2) is 4.52 Å². The number of hydrogen-bond acceptors (Lipinski definition) is 7. The van der Waals surface area contributed by atoms with Gasteiger partial charge in [-0.3, -0.25) is 4.79 Å². The lowest BCUT2D eigenvalue weighted by Crippen LogP contribution is -2.25. The summed E-state index contributed by atoms with van der Waals surface area (Å²) in [4.78, 5) is 24.5. The highest BCUT2D eigenvalue weighted by atomic mass is 32.1. The summed E-state index contributed by atoms with van der Waals surface area (Å²) in [6.45, 7) is 7.99. The van der Waals surface area contributed by atoms with E-state index in [4.69, 9.17) is 4.52 Å². The van der Waals surface area contributed by atoms with Gasteiger partial charge >= 0.3 is 0 Å². The molecule has 0 fully saturated rings. The van der Waals surface area contributed by atoms with E-state index in [0.29, 0.717) is 29.7 Å². The summed E-state index contributed by atoms with van der Waals surface area (Å²) in [5, 5.41) is 7.53. The molecular weight excluding hydrogens is 326 g/mol. The second kappa shape index (κ2) is 6.60. The minimum atomic E-state index is -0.156. The molecule has 0 aromatic carbocycles. The first kappa shape index (κ1) is 17.0. The van der Waals surface area contributed by atoms with Gasteiger partial charge in [0.05, 0.1) is 5.69 Å². The molecule has 0 saturated heterocycles. The van der Waals surface area contributed by atoms with E-state index in [-0.39, 0.29) is 11.3 Å². The largest absolute Gasteiger partial charge is 0.339 e. The predicted octanol–water partition coefficient (Wildman–Crippen LogP) is 2.38. The molecule has 1 N–H and O–H groups in total. The topological polar surface area (TPSA) is 84.2 Å². The summed E-state index contributed by atoms with van der Waals surface area (Å²) in [6.07, 6.45) is 1.68. The third-order valence-electron chi connectivity index (χ3n) is 3.87. The van der Waals surface area contributed by atoms with Gasteiger partial charge in [0.2, 0.25) is 11.8 Å². The van der Waals surface area contributed by atoms with Gasteiger partial charge in [0.25, 0.3) is 0 Å². The van der Waals surface area contributed by atoms with Crippen molar-refractivity contribution < 1.29 is 9.32 Å². The SMILES string of the molecule is CN1CCc2nc(NC(=O)CCc3nc(C(C)(C)C)no3)sc2C1. The number of nitrogens with zero attached hydrogens (tertiary/aromatic N) is 4. The number of thiazole rings is 1. The molecule has 130 valence electrons. The molecule has 0 atom stereocenters. The number of aromatic nitrogens is 3. The van der Waals surface area contributed by atoms with Gasteiger partial charge in [-0.25, -0.2) is 4.98 Å². The van der Waals surface area contributed by atoms with Crippen LogP contribution in [0.3, 0.4) is 0 Å². The van der Waals surface area contributed by atoms with Gasteiger partial charge in [0, 0.05) is 42.6 Å². The van der Waals surface area contributed by atoms with Crippen molar-refractivity contribution in [2.45, 2.75) is 52.0 Å². The summed E-state index contributed by atoms with van der Waals surface area (Å²) >= 11 is 1.56. The van der Waals surface area contributed by atoms with Crippen molar-refractivity contribution in [3.05, 3.63) is 22.3 Å². The van der Waals surface area contributed by atoms with Gasteiger partial charge < -0.3 is 14.7 Å². The third kappa shape index (κ3) is 3.99. The molecule has 0 saturated carbocycles. The first-order valence-electron chi connectivity index (χ1n) is 8.11. The van der Waals surface area contributed by atoms with Gasteiger partial charge in [0.1, 0.15) is 0 Å². The minimum absolute atomic E-state index is 0.0787. The maximum atomic E-state index is 12.1. The van der Waals surface area contributed by atoms with E-state index < -0.39 is 0 Å². The zero-order valence-corrected chi connectivity index (χ0v) is 15.4. The molecule has 0 unspecified atom stereocenters. The molecule has 0 aliphatic carbocycles. The summed E-state index contributed by atoms with van der Waals surface area (Å²) in [6, 6.07) is 0. The highest BCUT2D eigenvalue weighted by Crippen LogP contribution is 2.27. The van der Waals surface area contributed by atoms with Crippen molar-refractivity contribution in [3.8, 4) is 0 Å². The van der Waals surface area contributed by atoms with Crippen LogP contribution >= 0.6 is 11.3 Å². The van der Waals surface area contributed by atoms with E-state index in [9.17, 15) is 4.79 Å². The Morgan fingerprint density at radius 3 is 2.88 bits per heavy atom. The maximum Gasteiger partial charge on any atom is 0.227 e. The first-order chi connectivity index (χ1) is 11.3. The van der Waals surface area contributed by atoms with Gasteiger partial charge in [-0.15, -0.1) is 11.3 Å². The van der Waals surface area contributed by atoms with Crippen LogP contribution < -0.4 is 5.32 Å². The fraction of sp³-hybridized carbons (Fsp3) is 0.625. The summed E-state index contributed by atoms with van der Waals surface area (Å²) in [5.74, 6) is 1.08. The molecule has 2 aromatic heterocycles. The first-order valence-corrected chi connectivity index (χ1v) is 8.93. The molecule has 7 nitrogen and oxygen atoms in total. The predicted molar refractivity (Wildman–Crippen MR) is 92.1 cm³/mol. The highest BCUT2D eigenvalue weighted by Gasteiger charge is 2.22. The zero-order valence-electron chi connectivity index (χ0n) is 14.5. The third-order valence-corrected chi connectivity index (χ3v) is 4.87. The molecule has 0 radical (unpaired) electrons. The van der Waals surface area contributed by atoms with E-state index in [1.165, 1.54) is 4.88 Å². The molecule has 24 heavy (non-hydrogen) atoms. The fourth-order valence-electron chi connectivity index (χ4n) is 2.44. The van der Waals surface area contributed by atoms with Gasteiger partial charge in [-0.1, -0.05) is 25.9 Å². The molecule has 3 rings (SSSR count). The van der Waals surface area contributed by atoms with Crippen LogP contribution in [0.1, 0.15) is 49.5 Å². The van der Waals surface area contributed by atoms with Crippen LogP contribution in [0.2, 0.25) is 0 Å². The van der Waals surface area contributed by atoms with Crippen molar-refractivity contribution in [1.29, 1.82) is 0 Å². The van der Waals surface area contributed by atoms with E-state index in [1.807, 2.05) is 20.8 Å². The Labute approximate surface area is 145 Å². The van der Waals surface area contributed by atoms with Crippen molar-refractivity contribution >= 4 is 22.4 Å². The Hall–Kier alpha value is -1.80. The maximum absolute atomic E-state index is 12.1. The number of carbonyl (C=O) groups excluding carboxylic acids is 1. The van der Waals surface area contributed by atoms with Crippen molar-refractivity contribution in [3.63, 3.8) is 0 Å². The number of amides is 1. The summed E-state index contributed by atoms with van der Waals surface area (Å²) in [7, 11) is 2.09.